The Morgan fingerprint density at radius 2 is 2.00 bits per heavy atom. The van der Waals surface area contributed by atoms with Gasteiger partial charge in [0.2, 0.25) is 0 Å². The molecule has 0 aromatic heterocycles. The Morgan fingerprint density at radius 1 is 1.33 bits per heavy atom. The van der Waals surface area contributed by atoms with E-state index >= 15 is 0 Å². The summed E-state index contributed by atoms with van der Waals surface area (Å²) in [6, 6.07) is 4.76. The third-order valence-corrected chi connectivity index (χ3v) is 3.00. The number of carboxylic acid groups (broad SMARTS) is 1. The van der Waals surface area contributed by atoms with E-state index in [0.29, 0.717) is 15.7 Å². The molecule has 0 aliphatic carbocycles. The number of carboxylic acids is 1. The molecular weight excluding hydrogens is 322 g/mol. The maximum absolute atomic E-state index is 10.5. The highest BCUT2D eigenvalue weighted by Gasteiger charge is 2.07. The van der Waals surface area contributed by atoms with Crippen molar-refractivity contribution in [1.29, 1.82) is 0 Å². The van der Waals surface area contributed by atoms with E-state index in [4.69, 9.17) is 51.5 Å². The van der Waals surface area contributed by atoms with Gasteiger partial charge in [-0.2, -0.15) is 5.10 Å². The van der Waals surface area contributed by atoms with E-state index < -0.39 is 11.0 Å². The fourth-order valence-corrected chi connectivity index (χ4v) is 1.41. The standard InChI is InChI=1S/C10H6Cl4N2O2/c11-5-1-2-6(12)8(3-5)16-15-4-7(13)9(14)10(17)18/h1-4,16H,(H,17,18)/b9-7+,15-4+. The first kappa shape index (κ1) is 15.1. The van der Waals surface area contributed by atoms with Gasteiger partial charge < -0.3 is 5.11 Å². The number of hydrazone groups is 1. The summed E-state index contributed by atoms with van der Waals surface area (Å²) in [5.74, 6) is -1.34. The van der Waals surface area contributed by atoms with Crippen molar-refractivity contribution in [3.8, 4) is 0 Å². The molecule has 0 fully saturated rings. The van der Waals surface area contributed by atoms with Crippen LogP contribution in [0.3, 0.4) is 0 Å². The average molecular weight is 328 g/mol. The molecule has 0 bridgehead atoms. The summed E-state index contributed by atoms with van der Waals surface area (Å²) in [5.41, 5.74) is 3.02. The third kappa shape index (κ3) is 4.38. The van der Waals surface area contributed by atoms with Gasteiger partial charge in [-0.05, 0) is 18.2 Å². The van der Waals surface area contributed by atoms with E-state index in [2.05, 4.69) is 10.5 Å². The minimum atomic E-state index is -1.34. The highest BCUT2D eigenvalue weighted by molar-refractivity contribution is 6.51. The van der Waals surface area contributed by atoms with Crippen molar-refractivity contribution >= 4 is 64.3 Å². The van der Waals surface area contributed by atoms with E-state index in [-0.39, 0.29) is 5.03 Å². The Morgan fingerprint density at radius 3 is 2.61 bits per heavy atom. The summed E-state index contributed by atoms with van der Waals surface area (Å²) in [4.78, 5) is 10.5. The second-order valence-electron chi connectivity index (χ2n) is 2.96. The quantitative estimate of drug-likeness (QED) is 0.495. The number of aliphatic carboxylic acids is 1. The number of rotatable bonds is 4. The van der Waals surface area contributed by atoms with Crippen LogP contribution in [0, 0.1) is 0 Å². The van der Waals surface area contributed by atoms with Gasteiger partial charge in [-0.3, -0.25) is 5.43 Å². The fraction of sp³-hybridized carbons (Fsp3) is 0. The number of carbonyl (C=O) groups is 1. The summed E-state index contributed by atoms with van der Waals surface area (Å²) < 4.78 is 0. The lowest BCUT2D eigenvalue weighted by Gasteiger charge is -2.03. The number of anilines is 1. The zero-order valence-electron chi connectivity index (χ0n) is 8.62. The first-order valence-electron chi connectivity index (χ1n) is 4.44. The van der Waals surface area contributed by atoms with Gasteiger partial charge in [-0.1, -0.05) is 46.4 Å². The summed E-state index contributed by atoms with van der Waals surface area (Å²) in [7, 11) is 0. The first-order chi connectivity index (χ1) is 8.41. The van der Waals surface area contributed by atoms with Crippen LogP contribution >= 0.6 is 46.4 Å². The van der Waals surface area contributed by atoms with Crippen molar-refractivity contribution in [3.63, 3.8) is 0 Å². The number of hydrogen-bond donors (Lipinski definition) is 2. The molecule has 0 radical (unpaired) electrons. The van der Waals surface area contributed by atoms with Gasteiger partial charge >= 0.3 is 5.97 Å². The maximum atomic E-state index is 10.5. The smallest absolute Gasteiger partial charge is 0.348 e. The minimum Gasteiger partial charge on any atom is -0.477 e. The number of benzene rings is 1. The predicted molar refractivity (Wildman–Crippen MR) is 74.9 cm³/mol. The molecular formula is C10H6Cl4N2O2. The Balaban J connectivity index is 2.79. The minimum absolute atomic E-state index is 0.213. The van der Waals surface area contributed by atoms with Crippen LogP contribution in [0.5, 0.6) is 0 Å². The fourth-order valence-electron chi connectivity index (χ4n) is 0.900. The molecule has 2 N–H and O–H groups in total. The molecule has 1 aromatic carbocycles. The Labute approximate surface area is 123 Å². The molecule has 0 saturated heterocycles. The van der Waals surface area contributed by atoms with Crippen molar-refractivity contribution in [3.05, 3.63) is 38.3 Å². The summed E-state index contributed by atoms with van der Waals surface area (Å²) in [6.07, 6.45) is 1.05. The van der Waals surface area contributed by atoms with Gasteiger partial charge in [0.1, 0.15) is 5.03 Å². The molecule has 8 heteroatoms. The highest BCUT2D eigenvalue weighted by atomic mass is 35.5. The Bertz CT molecular complexity index is 529. The number of nitrogens with zero attached hydrogens (tertiary/aromatic N) is 1. The lowest BCUT2D eigenvalue weighted by atomic mass is 10.3. The summed E-state index contributed by atoms with van der Waals surface area (Å²) >= 11 is 22.6. The van der Waals surface area contributed by atoms with Crippen molar-refractivity contribution in [2.45, 2.75) is 0 Å². The number of hydrogen-bond acceptors (Lipinski definition) is 3. The lowest BCUT2D eigenvalue weighted by molar-refractivity contribution is -0.131. The van der Waals surface area contributed by atoms with Crippen molar-refractivity contribution in [2.24, 2.45) is 5.10 Å². The molecule has 0 unspecified atom stereocenters. The second kappa shape index (κ2) is 6.85. The molecule has 4 nitrogen and oxygen atoms in total. The Kier molecular flexibility index (Phi) is 5.75. The van der Waals surface area contributed by atoms with Gasteiger partial charge in [-0.25, -0.2) is 4.79 Å². The molecule has 96 valence electrons. The molecule has 1 aromatic rings. The van der Waals surface area contributed by atoms with Crippen molar-refractivity contribution in [2.75, 3.05) is 5.43 Å². The number of nitrogens with one attached hydrogen (secondary N) is 1. The van der Waals surface area contributed by atoms with Gasteiger partial charge in [0.25, 0.3) is 0 Å². The van der Waals surface area contributed by atoms with E-state index in [0.717, 1.165) is 6.21 Å². The SMILES string of the molecule is O=C(O)/C(Cl)=C(Cl)/C=N/Nc1cc(Cl)ccc1Cl. The van der Waals surface area contributed by atoms with Crippen LogP contribution in [0.2, 0.25) is 10.0 Å². The van der Waals surface area contributed by atoms with E-state index in [1.807, 2.05) is 0 Å². The van der Waals surface area contributed by atoms with Gasteiger partial charge in [0.15, 0.2) is 0 Å². The monoisotopic (exact) mass is 326 g/mol. The first-order valence-corrected chi connectivity index (χ1v) is 5.95. The number of halogens is 4. The van der Waals surface area contributed by atoms with E-state index in [1.54, 1.807) is 18.2 Å². The highest BCUT2D eigenvalue weighted by Crippen LogP contribution is 2.25. The zero-order valence-corrected chi connectivity index (χ0v) is 11.6. The normalized spacial score (nSPS) is 12.4. The molecule has 0 atom stereocenters. The Hall–Kier alpha value is -0.940. The van der Waals surface area contributed by atoms with Gasteiger partial charge in [-0.15, -0.1) is 0 Å². The molecule has 0 aliphatic rings. The van der Waals surface area contributed by atoms with E-state index in [9.17, 15) is 4.79 Å². The van der Waals surface area contributed by atoms with Gasteiger partial charge in [0.05, 0.1) is 22.0 Å². The molecule has 0 heterocycles. The van der Waals surface area contributed by atoms with Crippen LogP contribution in [0.15, 0.2) is 33.4 Å². The largest absolute Gasteiger partial charge is 0.477 e. The van der Waals surface area contributed by atoms with Crippen molar-refractivity contribution < 1.29 is 9.90 Å². The third-order valence-electron chi connectivity index (χ3n) is 1.69. The molecule has 1 rings (SSSR count). The second-order valence-corrected chi connectivity index (χ2v) is 4.59. The van der Waals surface area contributed by atoms with E-state index in [1.165, 1.54) is 0 Å². The average Bonchev–Trinajstić information content (AvgIpc) is 2.32. The van der Waals surface area contributed by atoms with Crippen LogP contribution in [0.1, 0.15) is 0 Å². The molecule has 0 spiro atoms. The molecule has 0 amide bonds. The van der Waals surface area contributed by atoms with Gasteiger partial charge in [0, 0.05) is 5.02 Å². The summed E-state index contributed by atoms with van der Waals surface area (Å²) in [6.45, 7) is 0. The molecule has 0 aliphatic heterocycles. The maximum Gasteiger partial charge on any atom is 0.348 e. The van der Waals surface area contributed by atoms with Crippen LogP contribution in [-0.4, -0.2) is 17.3 Å². The summed E-state index contributed by atoms with van der Waals surface area (Å²) in [5, 5.41) is 12.4. The zero-order chi connectivity index (χ0) is 13.7. The van der Waals surface area contributed by atoms with Crippen LogP contribution in [0.25, 0.3) is 0 Å². The van der Waals surface area contributed by atoms with Crippen molar-refractivity contribution in [1.82, 2.24) is 0 Å². The topological polar surface area (TPSA) is 61.7 Å². The van der Waals surface area contributed by atoms with Crippen LogP contribution in [0.4, 0.5) is 5.69 Å². The number of allylic oxidation sites excluding steroid dienone is 1. The molecule has 0 saturated carbocycles. The van der Waals surface area contributed by atoms with Crippen LogP contribution in [-0.2, 0) is 4.79 Å². The predicted octanol–water partition coefficient (Wildman–Crippen LogP) is 4.16. The van der Waals surface area contributed by atoms with Crippen LogP contribution < -0.4 is 5.43 Å². The molecule has 18 heavy (non-hydrogen) atoms. The lowest BCUT2D eigenvalue weighted by Crippen LogP contribution is -1.98.